The van der Waals surface area contributed by atoms with Crippen molar-refractivity contribution in [1.29, 1.82) is 0 Å². The standard InChI is InChI=1S/C16H25N5O3/c1-16(2,3)24-15(23)21-9-7-17-6-8-20(10-11-21)14(22)13-12-18-4-5-19-13/h4-5,12,17H,6-11H2,1-3H3. The van der Waals surface area contributed by atoms with E-state index in [0.29, 0.717) is 45.0 Å². The van der Waals surface area contributed by atoms with Crippen LogP contribution in [0, 0.1) is 0 Å². The molecule has 2 rings (SSSR count). The molecule has 1 fully saturated rings. The second-order valence-electron chi connectivity index (χ2n) is 6.60. The molecule has 0 radical (unpaired) electrons. The molecule has 0 aromatic carbocycles. The highest BCUT2D eigenvalue weighted by Crippen LogP contribution is 2.10. The SMILES string of the molecule is CC(C)(C)OC(=O)N1CCNCCN(C(=O)c2cnccn2)CC1. The second kappa shape index (κ2) is 8.05. The molecular weight excluding hydrogens is 310 g/mol. The zero-order valence-corrected chi connectivity index (χ0v) is 14.5. The van der Waals surface area contributed by atoms with Crippen LogP contribution in [0.3, 0.4) is 0 Å². The lowest BCUT2D eigenvalue weighted by molar-refractivity contribution is 0.0238. The lowest BCUT2D eigenvalue weighted by Gasteiger charge is -2.28. The molecule has 1 aromatic rings. The normalized spacial score (nSPS) is 16.8. The topological polar surface area (TPSA) is 87.7 Å². The molecule has 0 spiro atoms. The van der Waals surface area contributed by atoms with Gasteiger partial charge in [0.2, 0.25) is 0 Å². The van der Waals surface area contributed by atoms with Crippen molar-refractivity contribution in [1.82, 2.24) is 25.1 Å². The van der Waals surface area contributed by atoms with Gasteiger partial charge in [0.15, 0.2) is 0 Å². The number of rotatable bonds is 1. The number of amides is 2. The molecule has 132 valence electrons. The Morgan fingerprint density at radius 3 is 2.38 bits per heavy atom. The molecule has 0 saturated carbocycles. The lowest BCUT2D eigenvalue weighted by Crippen LogP contribution is -2.43. The van der Waals surface area contributed by atoms with Crippen LogP contribution < -0.4 is 5.32 Å². The van der Waals surface area contributed by atoms with Crippen LogP contribution in [-0.2, 0) is 4.74 Å². The number of ether oxygens (including phenoxy) is 1. The Hall–Kier alpha value is -2.22. The van der Waals surface area contributed by atoms with Gasteiger partial charge in [-0.1, -0.05) is 0 Å². The maximum absolute atomic E-state index is 12.5. The van der Waals surface area contributed by atoms with E-state index in [1.807, 2.05) is 20.8 Å². The van der Waals surface area contributed by atoms with Gasteiger partial charge in [0, 0.05) is 51.7 Å². The van der Waals surface area contributed by atoms with Crippen molar-refractivity contribution in [2.75, 3.05) is 39.3 Å². The quantitative estimate of drug-likeness (QED) is 0.815. The summed E-state index contributed by atoms with van der Waals surface area (Å²) < 4.78 is 5.43. The number of nitrogens with zero attached hydrogens (tertiary/aromatic N) is 4. The summed E-state index contributed by atoms with van der Waals surface area (Å²) in [6, 6.07) is 0. The monoisotopic (exact) mass is 335 g/mol. The second-order valence-corrected chi connectivity index (χ2v) is 6.60. The van der Waals surface area contributed by atoms with Crippen molar-refractivity contribution in [3.05, 3.63) is 24.3 Å². The van der Waals surface area contributed by atoms with Gasteiger partial charge in [-0.05, 0) is 20.8 Å². The summed E-state index contributed by atoms with van der Waals surface area (Å²) in [7, 11) is 0. The van der Waals surface area contributed by atoms with Gasteiger partial charge in [-0.2, -0.15) is 0 Å². The van der Waals surface area contributed by atoms with Crippen molar-refractivity contribution in [2.24, 2.45) is 0 Å². The van der Waals surface area contributed by atoms with E-state index in [1.54, 1.807) is 9.80 Å². The number of hydrogen-bond acceptors (Lipinski definition) is 6. The Morgan fingerprint density at radius 2 is 1.75 bits per heavy atom. The number of nitrogens with one attached hydrogen (secondary N) is 1. The van der Waals surface area contributed by atoms with E-state index in [0.717, 1.165) is 0 Å². The summed E-state index contributed by atoms with van der Waals surface area (Å²) in [5, 5.41) is 3.23. The molecule has 1 aliphatic rings. The van der Waals surface area contributed by atoms with E-state index >= 15 is 0 Å². The molecule has 8 nitrogen and oxygen atoms in total. The molecule has 0 bridgehead atoms. The Morgan fingerprint density at radius 1 is 1.08 bits per heavy atom. The van der Waals surface area contributed by atoms with Crippen molar-refractivity contribution in [2.45, 2.75) is 26.4 Å². The maximum Gasteiger partial charge on any atom is 0.410 e. The van der Waals surface area contributed by atoms with Crippen LogP contribution in [0.5, 0.6) is 0 Å². The fourth-order valence-electron chi connectivity index (χ4n) is 2.30. The van der Waals surface area contributed by atoms with Gasteiger partial charge in [-0.25, -0.2) is 9.78 Å². The van der Waals surface area contributed by atoms with E-state index in [2.05, 4.69) is 15.3 Å². The first-order chi connectivity index (χ1) is 11.4. The predicted octanol–water partition coefficient (Wildman–Crippen LogP) is 0.759. The first-order valence-corrected chi connectivity index (χ1v) is 8.11. The number of carbonyl (C=O) groups is 2. The fraction of sp³-hybridized carbons (Fsp3) is 0.625. The van der Waals surface area contributed by atoms with Crippen molar-refractivity contribution in [3.63, 3.8) is 0 Å². The van der Waals surface area contributed by atoms with Crippen molar-refractivity contribution < 1.29 is 14.3 Å². The molecule has 0 atom stereocenters. The minimum Gasteiger partial charge on any atom is -0.444 e. The number of aromatic nitrogens is 2. The van der Waals surface area contributed by atoms with Gasteiger partial charge in [-0.15, -0.1) is 0 Å². The van der Waals surface area contributed by atoms with Crippen LogP contribution in [0.15, 0.2) is 18.6 Å². The maximum atomic E-state index is 12.5. The molecule has 2 heterocycles. The van der Waals surface area contributed by atoms with Gasteiger partial charge >= 0.3 is 6.09 Å². The van der Waals surface area contributed by atoms with Crippen LogP contribution in [0.1, 0.15) is 31.3 Å². The summed E-state index contributed by atoms with van der Waals surface area (Å²) >= 11 is 0. The molecule has 24 heavy (non-hydrogen) atoms. The van der Waals surface area contributed by atoms with E-state index in [-0.39, 0.29) is 12.0 Å². The third-order valence-corrected chi connectivity index (χ3v) is 3.48. The van der Waals surface area contributed by atoms with E-state index in [1.165, 1.54) is 18.6 Å². The largest absolute Gasteiger partial charge is 0.444 e. The molecule has 0 unspecified atom stereocenters. The van der Waals surface area contributed by atoms with Gasteiger partial charge in [0.1, 0.15) is 11.3 Å². The molecule has 1 N–H and O–H groups in total. The summed E-state index contributed by atoms with van der Waals surface area (Å²) in [5.74, 6) is -0.184. The zero-order valence-electron chi connectivity index (χ0n) is 14.5. The highest BCUT2D eigenvalue weighted by molar-refractivity contribution is 5.92. The average molecular weight is 335 g/mol. The minimum absolute atomic E-state index is 0.184. The van der Waals surface area contributed by atoms with Crippen LogP contribution in [-0.4, -0.2) is 76.6 Å². The molecule has 1 aliphatic heterocycles. The number of hydrogen-bond donors (Lipinski definition) is 1. The van der Waals surface area contributed by atoms with Gasteiger partial charge in [-0.3, -0.25) is 9.78 Å². The van der Waals surface area contributed by atoms with Crippen LogP contribution >= 0.6 is 0 Å². The summed E-state index contributed by atoms with van der Waals surface area (Å²) in [5.41, 5.74) is -0.237. The third kappa shape index (κ3) is 5.45. The minimum atomic E-state index is -0.544. The number of carbonyl (C=O) groups excluding carboxylic acids is 2. The Kier molecular flexibility index (Phi) is 6.08. The average Bonchev–Trinajstić information content (AvgIpc) is 2.65. The Bertz CT molecular complexity index is 559. The Labute approximate surface area is 142 Å². The van der Waals surface area contributed by atoms with Gasteiger partial charge < -0.3 is 19.9 Å². The molecule has 1 saturated heterocycles. The third-order valence-electron chi connectivity index (χ3n) is 3.48. The predicted molar refractivity (Wildman–Crippen MR) is 88.6 cm³/mol. The van der Waals surface area contributed by atoms with Gasteiger partial charge in [0.05, 0.1) is 6.20 Å². The highest BCUT2D eigenvalue weighted by atomic mass is 16.6. The molecule has 8 heteroatoms. The summed E-state index contributed by atoms with van der Waals surface area (Å²) in [6.07, 6.45) is 4.11. The smallest absolute Gasteiger partial charge is 0.410 e. The van der Waals surface area contributed by atoms with E-state index < -0.39 is 5.60 Å². The molecule has 1 aromatic heterocycles. The van der Waals surface area contributed by atoms with Gasteiger partial charge in [0.25, 0.3) is 5.91 Å². The van der Waals surface area contributed by atoms with Crippen molar-refractivity contribution in [3.8, 4) is 0 Å². The zero-order chi connectivity index (χ0) is 17.6. The van der Waals surface area contributed by atoms with Crippen LogP contribution in [0.4, 0.5) is 4.79 Å². The first-order valence-electron chi connectivity index (χ1n) is 8.11. The van der Waals surface area contributed by atoms with Crippen LogP contribution in [0.2, 0.25) is 0 Å². The lowest BCUT2D eigenvalue weighted by atomic mass is 10.2. The molecule has 2 amide bonds. The highest BCUT2D eigenvalue weighted by Gasteiger charge is 2.25. The molecular formula is C16H25N5O3. The fourth-order valence-corrected chi connectivity index (χ4v) is 2.30. The van der Waals surface area contributed by atoms with Crippen molar-refractivity contribution >= 4 is 12.0 Å². The van der Waals surface area contributed by atoms with E-state index in [9.17, 15) is 9.59 Å². The van der Waals surface area contributed by atoms with Crippen LogP contribution in [0.25, 0.3) is 0 Å². The first kappa shape index (κ1) is 18.1. The summed E-state index contributed by atoms with van der Waals surface area (Å²) in [4.78, 5) is 36.1. The summed E-state index contributed by atoms with van der Waals surface area (Å²) in [6.45, 7) is 8.77. The molecule has 0 aliphatic carbocycles. The Balaban J connectivity index is 2.03. The van der Waals surface area contributed by atoms with E-state index in [4.69, 9.17) is 4.74 Å².